The molecule has 0 N–H and O–H groups in total. The number of isothiocyanates is 2. The first-order chi connectivity index (χ1) is 14.8. The normalized spacial score (nSPS) is 17.8. The van der Waals surface area contributed by atoms with Crippen LogP contribution in [0, 0.1) is 0 Å². The average Bonchev–Trinajstić information content (AvgIpc) is 2.86. The molecule has 174 valence electrons. The van der Waals surface area contributed by atoms with Crippen LogP contribution in [-0.2, 0) is 19.5 Å². The summed E-state index contributed by atoms with van der Waals surface area (Å²) in [6.07, 6.45) is 20.0. The Morgan fingerprint density at radius 3 is 0.968 bits per heavy atom. The summed E-state index contributed by atoms with van der Waals surface area (Å²) >= 11 is 7.40. The topological polar surface area (TPSA) is 101 Å². The summed E-state index contributed by atoms with van der Waals surface area (Å²) in [5.41, 5.74) is 0. The quantitative estimate of drug-likeness (QED) is 0.179. The van der Waals surface area contributed by atoms with Crippen molar-refractivity contribution in [3.63, 3.8) is 0 Å². The van der Waals surface area contributed by atoms with Gasteiger partial charge in [-0.3, -0.25) is 0 Å². The van der Waals surface area contributed by atoms with Crippen molar-refractivity contribution in [2.24, 2.45) is 0 Å². The molecule has 4 heterocycles. The molecule has 0 bridgehead atoms. The Morgan fingerprint density at radius 2 is 0.903 bits per heavy atom. The largest absolute Gasteiger partial charge is 6.00 e. The summed E-state index contributed by atoms with van der Waals surface area (Å²) in [6.45, 7) is 7.61. The van der Waals surface area contributed by atoms with Crippen molar-refractivity contribution in [3.05, 3.63) is 56.5 Å². The fourth-order valence-electron chi connectivity index (χ4n) is 2.58. The molecule has 31 heavy (non-hydrogen) atoms. The Morgan fingerprint density at radius 1 is 0.581 bits per heavy atom. The van der Waals surface area contributed by atoms with Crippen molar-refractivity contribution >= 4 is 34.8 Å². The Labute approximate surface area is 213 Å². The molecule has 0 aliphatic carbocycles. The minimum atomic E-state index is 0. The van der Waals surface area contributed by atoms with Gasteiger partial charge in [0.2, 0.25) is 0 Å². The number of piperidine rings is 3. The van der Waals surface area contributed by atoms with Gasteiger partial charge in [0.15, 0.2) is 0 Å². The van der Waals surface area contributed by atoms with Gasteiger partial charge in [-0.25, -0.2) is 0 Å². The third-order valence-electron chi connectivity index (χ3n) is 4.05. The molecule has 3 saturated heterocycles. The van der Waals surface area contributed by atoms with E-state index in [2.05, 4.69) is 45.7 Å². The molecule has 0 atom stereocenters. The van der Waals surface area contributed by atoms with Gasteiger partial charge in [0, 0.05) is 0 Å². The maximum atomic E-state index is 7.13. The minimum absolute atomic E-state index is 0. The first kappa shape index (κ1) is 35.0. The van der Waals surface area contributed by atoms with Gasteiger partial charge >= 0.3 is 19.5 Å². The van der Waals surface area contributed by atoms with Crippen LogP contribution in [-0.4, -0.2) is 56.1 Å². The van der Waals surface area contributed by atoms with E-state index in [1.807, 2.05) is 18.2 Å². The molecule has 0 aromatic heterocycles. The summed E-state index contributed by atoms with van der Waals surface area (Å²) in [5.74, 6) is 0. The maximum absolute atomic E-state index is 7.13. The van der Waals surface area contributed by atoms with E-state index in [0.717, 1.165) is 45.8 Å². The molecule has 4 aliphatic heterocycles. The number of nitrogens with zero attached hydrogens (tertiary/aromatic N) is 6. The Hall–Kier alpha value is -0.617. The zero-order valence-electron chi connectivity index (χ0n) is 18.5. The van der Waals surface area contributed by atoms with E-state index >= 15 is 0 Å². The SMILES string of the molecule is C1=CC[N-]C=C1.C1CC[N-]CC1.C1CC[N-]CC1.C1CC[N-]CC1.[N-]=C=S.[N-]=C=S.[Ru+6]. The zero-order chi connectivity index (χ0) is 22.4. The minimum Gasteiger partial charge on any atom is -0.753 e. The van der Waals surface area contributed by atoms with Crippen molar-refractivity contribution in [2.45, 2.75) is 57.8 Å². The Kier molecular flexibility index (Phi) is 41.5. The molecule has 0 aromatic carbocycles. The summed E-state index contributed by atoms with van der Waals surface area (Å²) in [5, 5.41) is 33.4. The Balaban J connectivity index is -0.000000309. The molecule has 0 saturated carbocycles. The predicted octanol–water partition coefficient (Wildman–Crippen LogP) is 7.39. The molecule has 6 nitrogen and oxygen atoms in total. The molecule has 3 fully saturated rings. The summed E-state index contributed by atoms with van der Waals surface area (Å²) in [4.78, 5) is 0. The second-order valence-electron chi connectivity index (χ2n) is 6.51. The predicted molar refractivity (Wildman–Crippen MR) is 139 cm³/mol. The van der Waals surface area contributed by atoms with Gasteiger partial charge in [0.1, 0.15) is 0 Å². The first-order valence-electron chi connectivity index (χ1n) is 10.7. The van der Waals surface area contributed by atoms with Crippen LogP contribution < -0.4 is 0 Å². The third kappa shape index (κ3) is 40.3. The van der Waals surface area contributed by atoms with Gasteiger partial charge in [0.25, 0.3) is 0 Å². The van der Waals surface area contributed by atoms with Gasteiger partial charge < -0.3 is 32.1 Å². The molecule has 9 heteroatoms. The number of thiocarbonyl (C=S) groups is 2. The van der Waals surface area contributed by atoms with E-state index in [0.29, 0.717) is 0 Å². The van der Waals surface area contributed by atoms with Crippen LogP contribution in [0.1, 0.15) is 57.8 Å². The summed E-state index contributed by atoms with van der Waals surface area (Å²) in [7, 11) is 0. The molecule has 0 spiro atoms. The average molecular weight is 550 g/mol. The van der Waals surface area contributed by atoms with Crippen molar-refractivity contribution in [1.29, 1.82) is 0 Å². The first-order valence-corrected chi connectivity index (χ1v) is 11.6. The van der Waals surface area contributed by atoms with Crippen molar-refractivity contribution < 1.29 is 19.5 Å². The van der Waals surface area contributed by atoms with Gasteiger partial charge in [-0.05, 0) is 0 Å². The number of allylic oxidation sites excluding steroid dienone is 2. The van der Waals surface area contributed by atoms with Crippen LogP contribution in [0.25, 0.3) is 32.1 Å². The fourth-order valence-corrected chi connectivity index (χ4v) is 2.58. The molecule has 0 amide bonds. The van der Waals surface area contributed by atoms with Crippen molar-refractivity contribution in [2.75, 3.05) is 45.8 Å². The van der Waals surface area contributed by atoms with Gasteiger partial charge in [-0.15, -0.1) is 51.9 Å². The number of hydrogen-bond acceptors (Lipinski definition) is 2. The van der Waals surface area contributed by atoms with E-state index < -0.39 is 0 Å². The van der Waals surface area contributed by atoms with E-state index in [-0.39, 0.29) is 19.5 Å². The van der Waals surface area contributed by atoms with Gasteiger partial charge in [-0.2, -0.15) is 16.5 Å². The van der Waals surface area contributed by atoms with Crippen LogP contribution in [0.15, 0.2) is 24.4 Å². The van der Waals surface area contributed by atoms with E-state index in [1.165, 1.54) is 68.1 Å². The Bertz CT molecular complexity index is 364. The molecule has 4 rings (SSSR count). The van der Waals surface area contributed by atoms with Crippen LogP contribution in [0.5, 0.6) is 0 Å². The standard InChI is InChI=1S/3C5H10N.C5H6N.2CNS.Ru/c4*1-2-4-6-5-3-1;2*2-1-3;/h3*1-5H2;1-4H,5H2;;;/q6*-1;+6. The fraction of sp³-hybridized carbons (Fsp3) is 0.727. The molecular formula is C22H36N6RuS2. The molecule has 0 unspecified atom stereocenters. The second kappa shape index (κ2) is 36.7. The van der Waals surface area contributed by atoms with Crippen LogP contribution in [0.4, 0.5) is 0 Å². The molecule has 0 aromatic rings. The zero-order valence-corrected chi connectivity index (χ0v) is 21.8. The third-order valence-corrected chi connectivity index (χ3v) is 4.05. The molecule has 4 aliphatic rings. The maximum Gasteiger partial charge on any atom is 6.00 e. The van der Waals surface area contributed by atoms with Crippen molar-refractivity contribution in [3.8, 4) is 0 Å². The second-order valence-corrected chi connectivity index (χ2v) is 6.88. The van der Waals surface area contributed by atoms with Crippen LogP contribution in [0.3, 0.4) is 0 Å². The van der Waals surface area contributed by atoms with Crippen LogP contribution in [0.2, 0.25) is 0 Å². The van der Waals surface area contributed by atoms with Crippen molar-refractivity contribution in [1.82, 2.24) is 0 Å². The molecule has 0 radical (unpaired) electrons. The monoisotopic (exact) mass is 550 g/mol. The van der Waals surface area contributed by atoms with E-state index in [9.17, 15) is 0 Å². The van der Waals surface area contributed by atoms with E-state index in [4.69, 9.17) is 10.8 Å². The van der Waals surface area contributed by atoms with E-state index in [1.54, 1.807) is 6.20 Å². The van der Waals surface area contributed by atoms with Gasteiger partial charge in [-0.1, -0.05) is 94.4 Å². The van der Waals surface area contributed by atoms with Crippen LogP contribution >= 0.6 is 24.4 Å². The number of rotatable bonds is 0. The van der Waals surface area contributed by atoms with Gasteiger partial charge in [0.05, 0.1) is 0 Å². The summed E-state index contributed by atoms with van der Waals surface area (Å²) in [6, 6.07) is 0. The molecular weight excluding hydrogens is 513 g/mol. The summed E-state index contributed by atoms with van der Waals surface area (Å²) < 4.78 is 0. The smallest absolute Gasteiger partial charge is 0.753 e. The number of hydrogen-bond donors (Lipinski definition) is 0.